The van der Waals surface area contributed by atoms with Gasteiger partial charge in [-0.15, -0.1) is 6.58 Å². The van der Waals surface area contributed by atoms with Gasteiger partial charge in [0.25, 0.3) is 10.0 Å². The molecule has 3 aromatic carbocycles. The van der Waals surface area contributed by atoms with Crippen molar-refractivity contribution in [3.8, 4) is 11.3 Å². The van der Waals surface area contributed by atoms with E-state index in [2.05, 4.69) is 11.3 Å². The minimum atomic E-state index is -4.57. The van der Waals surface area contributed by atoms with Crippen LogP contribution in [0.4, 0.5) is 18.9 Å². The lowest BCUT2D eigenvalue weighted by atomic mass is 9.99. The Bertz CT molecular complexity index is 1540. The molecular weight excluding hydrogens is 467 g/mol. The van der Waals surface area contributed by atoms with Crippen LogP contribution < -0.4 is 10.3 Å². The van der Waals surface area contributed by atoms with Crippen LogP contribution in [0.15, 0.2) is 99.6 Å². The zero-order chi connectivity index (χ0) is 24.5. The number of nitrogens with one attached hydrogen (secondary N) is 1. The van der Waals surface area contributed by atoms with E-state index in [1.165, 1.54) is 12.1 Å². The standard InChI is InChI=1S/C25H18F3NO4S/c1-2-6-21-20-9-3-4-10-22(20)24(30)33-23(21)16-7-5-8-18(15-16)29-34(31,32)19-13-11-17(12-14-19)25(26,27)28/h2-5,7-15,29H,1,6H2. The van der Waals surface area contributed by atoms with E-state index in [1.54, 1.807) is 42.5 Å². The molecule has 0 unspecified atom stereocenters. The normalized spacial score (nSPS) is 12.0. The Morgan fingerprint density at radius 2 is 1.62 bits per heavy atom. The van der Waals surface area contributed by atoms with Gasteiger partial charge < -0.3 is 4.42 Å². The molecule has 9 heteroatoms. The second-order valence-electron chi connectivity index (χ2n) is 7.44. The summed E-state index contributed by atoms with van der Waals surface area (Å²) in [6.07, 6.45) is -2.50. The highest BCUT2D eigenvalue weighted by Crippen LogP contribution is 2.32. The lowest BCUT2D eigenvalue weighted by Gasteiger charge is -2.13. The molecular formula is C25H18F3NO4S. The number of anilines is 1. The lowest BCUT2D eigenvalue weighted by molar-refractivity contribution is -0.137. The molecule has 1 aromatic heterocycles. The van der Waals surface area contributed by atoms with E-state index in [0.717, 1.165) is 12.1 Å². The van der Waals surface area contributed by atoms with Crippen molar-refractivity contribution in [1.29, 1.82) is 0 Å². The van der Waals surface area contributed by atoms with Gasteiger partial charge in [-0.25, -0.2) is 13.2 Å². The third-order valence-electron chi connectivity index (χ3n) is 5.16. The van der Waals surface area contributed by atoms with Crippen molar-refractivity contribution in [3.63, 3.8) is 0 Å². The van der Waals surface area contributed by atoms with Gasteiger partial charge in [0.05, 0.1) is 15.8 Å². The van der Waals surface area contributed by atoms with Crippen molar-refractivity contribution in [2.45, 2.75) is 17.5 Å². The largest absolute Gasteiger partial charge is 0.422 e. The maximum absolute atomic E-state index is 12.8. The first-order valence-corrected chi connectivity index (χ1v) is 11.5. The molecule has 5 nitrogen and oxygen atoms in total. The van der Waals surface area contributed by atoms with Crippen LogP contribution >= 0.6 is 0 Å². The van der Waals surface area contributed by atoms with Crippen LogP contribution in [-0.2, 0) is 22.6 Å². The highest BCUT2D eigenvalue weighted by atomic mass is 32.2. The molecule has 0 bridgehead atoms. The monoisotopic (exact) mass is 485 g/mol. The number of alkyl halides is 3. The van der Waals surface area contributed by atoms with Crippen molar-refractivity contribution < 1.29 is 26.0 Å². The summed E-state index contributed by atoms with van der Waals surface area (Å²) in [7, 11) is -4.16. The summed E-state index contributed by atoms with van der Waals surface area (Å²) in [5, 5.41) is 1.12. The van der Waals surface area contributed by atoms with Gasteiger partial charge in [0.15, 0.2) is 0 Å². The van der Waals surface area contributed by atoms with Crippen molar-refractivity contribution in [1.82, 2.24) is 0 Å². The van der Waals surface area contributed by atoms with Crippen LogP contribution in [0.1, 0.15) is 11.1 Å². The summed E-state index contributed by atoms with van der Waals surface area (Å²) in [4.78, 5) is 12.2. The van der Waals surface area contributed by atoms with Crippen LogP contribution in [0.2, 0.25) is 0 Å². The number of benzene rings is 3. The number of sulfonamides is 1. The first kappa shape index (κ1) is 23.3. The van der Waals surface area contributed by atoms with E-state index in [0.29, 0.717) is 40.5 Å². The minimum Gasteiger partial charge on any atom is -0.422 e. The predicted molar refractivity (Wildman–Crippen MR) is 124 cm³/mol. The predicted octanol–water partition coefficient (Wildman–Crippen LogP) is 6.01. The number of allylic oxidation sites excluding steroid dienone is 1. The second kappa shape index (κ2) is 8.83. The van der Waals surface area contributed by atoms with E-state index in [9.17, 15) is 26.4 Å². The maximum atomic E-state index is 12.8. The van der Waals surface area contributed by atoms with Crippen LogP contribution in [-0.4, -0.2) is 8.42 Å². The molecule has 4 aromatic rings. The molecule has 174 valence electrons. The van der Waals surface area contributed by atoms with Gasteiger partial charge in [0, 0.05) is 16.8 Å². The van der Waals surface area contributed by atoms with Crippen LogP contribution in [0.5, 0.6) is 0 Å². The Balaban J connectivity index is 1.73. The fraction of sp³-hybridized carbons (Fsp3) is 0.0800. The van der Waals surface area contributed by atoms with E-state index < -0.39 is 27.4 Å². The summed E-state index contributed by atoms with van der Waals surface area (Å²) in [6.45, 7) is 3.76. The molecule has 1 N–H and O–H groups in total. The van der Waals surface area contributed by atoms with Gasteiger partial charge in [-0.05, 0) is 54.3 Å². The van der Waals surface area contributed by atoms with Gasteiger partial charge in [0.2, 0.25) is 0 Å². The number of rotatable bonds is 6. The zero-order valence-electron chi connectivity index (χ0n) is 17.6. The van der Waals surface area contributed by atoms with Gasteiger partial charge in [-0.3, -0.25) is 4.72 Å². The molecule has 0 radical (unpaired) electrons. The number of fused-ring (bicyclic) bond motifs is 1. The Hall–Kier alpha value is -3.85. The van der Waals surface area contributed by atoms with Gasteiger partial charge in [-0.2, -0.15) is 13.2 Å². The highest BCUT2D eigenvalue weighted by Gasteiger charge is 2.30. The molecule has 1 heterocycles. The fourth-order valence-electron chi connectivity index (χ4n) is 3.60. The maximum Gasteiger partial charge on any atom is 0.416 e. The molecule has 0 saturated carbocycles. The molecule has 0 aliphatic rings. The van der Waals surface area contributed by atoms with Crippen molar-refractivity contribution in [2.24, 2.45) is 0 Å². The first-order chi connectivity index (χ1) is 16.1. The first-order valence-electron chi connectivity index (χ1n) is 10.1. The average Bonchev–Trinajstić information content (AvgIpc) is 2.80. The number of hydrogen-bond acceptors (Lipinski definition) is 4. The van der Waals surface area contributed by atoms with E-state index >= 15 is 0 Å². The third kappa shape index (κ3) is 4.60. The molecule has 0 aliphatic heterocycles. The second-order valence-corrected chi connectivity index (χ2v) is 9.13. The Morgan fingerprint density at radius 1 is 0.941 bits per heavy atom. The quantitative estimate of drug-likeness (QED) is 0.340. The Morgan fingerprint density at radius 3 is 2.26 bits per heavy atom. The molecule has 34 heavy (non-hydrogen) atoms. The molecule has 0 aliphatic carbocycles. The van der Waals surface area contributed by atoms with E-state index in [-0.39, 0.29) is 16.3 Å². The van der Waals surface area contributed by atoms with Crippen LogP contribution in [0, 0.1) is 0 Å². The molecule has 0 atom stereocenters. The smallest absolute Gasteiger partial charge is 0.416 e. The summed E-state index contributed by atoms with van der Waals surface area (Å²) in [5.74, 6) is 0.277. The number of hydrogen-bond donors (Lipinski definition) is 1. The SMILES string of the molecule is C=CCc1c(-c2cccc(NS(=O)(=O)c3ccc(C(F)(F)F)cc3)c2)oc(=O)c2ccccc12. The summed E-state index contributed by atoms with van der Waals surface area (Å²) in [6, 6.07) is 16.4. The van der Waals surface area contributed by atoms with Crippen LogP contribution in [0.3, 0.4) is 0 Å². The Labute approximate surface area is 193 Å². The minimum absolute atomic E-state index is 0.151. The molecule has 0 fully saturated rings. The topological polar surface area (TPSA) is 76.4 Å². The lowest BCUT2D eigenvalue weighted by Crippen LogP contribution is -2.14. The van der Waals surface area contributed by atoms with Crippen molar-refractivity contribution in [3.05, 3.63) is 107 Å². The van der Waals surface area contributed by atoms with Gasteiger partial charge >= 0.3 is 11.8 Å². The zero-order valence-corrected chi connectivity index (χ0v) is 18.4. The van der Waals surface area contributed by atoms with Crippen molar-refractivity contribution in [2.75, 3.05) is 4.72 Å². The van der Waals surface area contributed by atoms with Gasteiger partial charge in [-0.1, -0.05) is 36.4 Å². The van der Waals surface area contributed by atoms with E-state index in [1.807, 2.05) is 0 Å². The number of halogens is 3. The third-order valence-corrected chi connectivity index (χ3v) is 6.56. The molecule has 4 rings (SSSR count). The molecule has 0 saturated heterocycles. The average molecular weight is 485 g/mol. The molecule has 0 spiro atoms. The van der Waals surface area contributed by atoms with Gasteiger partial charge in [0.1, 0.15) is 5.76 Å². The summed E-state index contributed by atoms with van der Waals surface area (Å²) in [5.41, 5.74) is -0.165. The summed E-state index contributed by atoms with van der Waals surface area (Å²) >= 11 is 0. The summed E-state index contributed by atoms with van der Waals surface area (Å²) < 4.78 is 71.7. The molecule has 0 amide bonds. The van der Waals surface area contributed by atoms with E-state index in [4.69, 9.17) is 4.42 Å². The Kier molecular flexibility index (Phi) is 6.05. The van der Waals surface area contributed by atoms with Crippen LogP contribution in [0.25, 0.3) is 22.1 Å². The van der Waals surface area contributed by atoms with Crippen molar-refractivity contribution >= 4 is 26.5 Å². The highest BCUT2D eigenvalue weighted by molar-refractivity contribution is 7.92. The fourth-order valence-corrected chi connectivity index (χ4v) is 4.65.